The van der Waals surface area contributed by atoms with Gasteiger partial charge in [-0.25, -0.2) is 0 Å². The summed E-state index contributed by atoms with van der Waals surface area (Å²) < 4.78 is 4.44. The van der Waals surface area contributed by atoms with Crippen molar-refractivity contribution in [2.75, 3.05) is 0 Å². The highest BCUT2D eigenvalue weighted by molar-refractivity contribution is 7.99. The molecule has 2 aromatic heterocycles. The number of nitrogens with zero attached hydrogens (tertiary/aromatic N) is 2. The van der Waals surface area contributed by atoms with Crippen LogP contribution < -0.4 is 0 Å². The van der Waals surface area contributed by atoms with Crippen molar-refractivity contribution < 1.29 is 15.3 Å². The van der Waals surface area contributed by atoms with Gasteiger partial charge in [0.1, 0.15) is 17.2 Å². The van der Waals surface area contributed by atoms with Gasteiger partial charge in [0, 0.05) is 68.3 Å². The van der Waals surface area contributed by atoms with Gasteiger partial charge in [0.05, 0.1) is 11.4 Å². The van der Waals surface area contributed by atoms with Crippen LogP contribution in [0.5, 0.6) is 17.2 Å². The van der Waals surface area contributed by atoms with E-state index in [-0.39, 0.29) is 7.43 Å². The fourth-order valence-electron chi connectivity index (χ4n) is 6.07. The number of hydrogen-bond acceptors (Lipinski definition) is 5. The van der Waals surface area contributed by atoms with Gasteiger partial charge >= 0.3 is 0 Å². The van der Waals surface area contributed by atoms with E-state index in [2.05, 4.69) is 41.3 Å². The molecule has 0 aliphatic carbocycles. The fourth-order valence-corrected chi connectivity index (χ4v) is 8.31. The molecule has 3 N–H and O–H groups in total. The second kappa shape index (κ2) is 10.2. The van der Waals surface area contributed by atoms with E-state index >= 15 is 0 Å². The Labute approximate surface area is 248 Å². The first-order valence-corrected chi connectivity index (χ1v) is 15.1. The van der Waals surface area contributed by atoms with Crippen LogP contribution in [0.4, 0.5) is 0 Å². The van der Waals surface area contributed by atoms with Crippen LogP contribution >= 0.6 is 23.5 Å². The maximum atomic E-state index is 9.72. The molecule has 5 nitrogen and oxygen atoms in total. The van der Waals surface area contributed by atoms with Crippen molar-refractivity contribution in [3.8, 4) is 39.8 Å². The molecular formula is C34H32N2O3S2. The number of rotatable bonds is 0. The first kappa shape index (κ1) is 27.2. The smallest absolute Gasteiger partial charge is 0.116 e. The molecule has 4 heterocycles. The predicted molar refractivity (Wildman–Crippen MR) is 172 cm³/mol. The second-order valence-corrected chi connectivity index (χ2v) is 12.5. The summed E-state index contributed by atoms with van der Waals surface area (Å²) in [6.07, 6.45) is 0. The Balaban J connectivity index is 0.000000144. The van der Waals surface area contributed by atoms with Gasteiger partial charge in [-0.3, -0.25) is 0 Å². The Morgan fingerprint density at radius 2 is 1.02 bits per heavy atom. The number of aromatic hydroxyl groups is 3. The summed E-state index contributed by atoms with van der Waals surface area (Å²) in [5, 5.41) is 31.5. The molecule has 8 rings (SSSR count). The van der Waals surface area contributed by atoms with E-state index in [1.54, 1.807) is 41.7 Å². The number of aromatic nitrogens is 2. The molecule has 2 aliphatic heterocycles. The summed E-state index contributed by atoms with van der Waals surface area (Å²) in [5.74, 6) is 2.76. The van der Waals surface area contributed by atoms with Crippen LogP contribution in [-0.4, -0.2) is 24.5 Å². The number of phenolic OH excluding ortho intramolecular Hbond substituents is 3. The molecule has 0 radical (unpaired) electrons. The van der Waals surface area contributed by atoms with E-state index < -0.39 is 0 Å². The molecular weight excluding hydrogens is 549 g/mol. The van der Waals surface area contributed by atoms with Crippen LogP contribution in [0.2, 0.25) is 0 Å². The fraction of sp³-hybridized carbons (Fsp3) is 0.176. The summed E-state index contributed by atoms with van der Waals surface area (Å²) >= 11 is 3.53. The van der Waals surface area contributed by atoms with Gasteiger partial charge in [0.25, 0.3) is 0 Å². The van der Waals surface area contributed by atoms with Crippen LogP contribution in [0.1, 0.15) is 24.1 Å². The summed E-state index contributed by atoms with van der Waals surface area (Å²) in [7, 11) is 4.17. The molecule has 7 heteroatoms. The van der Waals surface area contributed by atoms with E-state index in [0.29, 0.717) is 17.2 Å². The lowest BCUT2D eigenvalue weighted by molar-refractivity contribution is 0.473. The molecule has 0 amide bonds. The van der Waals surface area contributed by atoms with E-state index in [4.69, 9.17) is 0 Å². The van der Waals surface area contributed by atoms with Gasteiger partial charge < -0.3 is 24.5 Å². The summed E-state index contributed by atoms with van der Waals surface area (Å²) in [6.45, 7) is 2.14. The lowest BCUT2D eigenvalue weighted by Gasteiger charge is -2.18. The quantitative estimate of drug-likeness (QED) is 0.167. The molecule has 41 heavy (non-hydrogen) atoms. The second-order valence-electron chi connectivity index (χ2n) is 10.4. The molecule has 2 aliphatic rings. The standard InChI is InChI=1S/C17H15NOS.C16H13NO2S.CH4/c1-10-3-6-15-13(7-10)14-9-20-16-8-11(19)4-5-12(16)17(14)18(15)2;1-17-14-5-3-9(18)6-12(14)13-8-20-15-7-10(19)2-4-11(15)16(13)17;/h3-8,19H,9H2,1-2H3;2-7,18-19H,8H2,1H3;1H4. The molecule has 0 spiro atoms. The monoisotopic (exact) mass is 580 g/mol. The Morgan fingerprint density at radius 1 is 0.585 bits per heavy atom. The van der Waals surface area contributed by atoms with Crippen molar-refractivity contribution in [3.05, 3.63) is 89.5 Å². The Bertz CT molecular complexity index is 1840. The lowest BCUT2D eigenvalue weighted by atomic mass is 10.0. The Kier molecular flexibility index (Phi) is 6.75. The van der Waals surface area contributed by atoms with E-state index in [9.17, 15) is 15.3 Å². The highest BCUT2D eigenvalue weighted by Crippen LogP contribution is 2.48. The topological polar surface area (TPSA) is 70.5 Å². The summed E-state index contributed by atoms with van der Waals surface area (Å²) in [5.41, 5.74) is 11.2. The predicted octanol–water partition coefficient (Wildman–Crippen LogP) is 8.96. The average Bonchev–Trinajstić information content (AvgIpc) is 3.39. The lowest BCUT2D eigenvalue weighted by Crippen LogP contribution is -1.99. The van der Waals surface area contributed by atoms with Crippen LogP contribution in [0.3, 0.4) is 0 Å². The first-order chi connectivity index (χ1) is 19.3. The number of fused-ring (bicyclic) bond motifs is 10. The highest BCUT2D eigenvalue weighted by Gasteiger charge is 2.25. The molecule has 0 fully saturated rings. The van der Waals surface area contributed by atoms with Crippen LogP contribution in [0, 0.1) is 6.92 Å². The third kappa shape index (κ3) is 4.35. The normalized spacial score (nSPS) is 13.0. The zero-order valence-electron chi connectivity index (χ0n) is 22.4. The summed E-state index contributed by atoms with van der Waals surface area (Å²) in [4.78, 5) is 2.27. The molecule has 0 bridgehead atoms. The Morgan fingerprint density at radius 3 is 1.56 bits per heavy atom. The minimum Gasteiger partial charge on any atom is -0.508 e. The number of benzene rings is 4. The third-order valence-electron chi connectivity index (χ3n) is 7.93. The van der Waals surface area contributed by atoms with Crippen molar-refractivity contribution in [2.45, 2.75) is 35.6 Å². The zero-order chi connectivity index (χ0) is 27.7. The van der Waals surface area contributed by atoms with Crippen molar-refractivity contribution in [1.29, 1.82) is 0 Å². The largest absolute Gasteiger partial charge is 0.508 e. The van der Waals surface area contributed by atoms with E-state index in [1.807, 2.05) is 43.4 Å². The maximum absolute atomic E-state index is 9.72. The molecule has 6 aromatic rings. The minimum absolute atomic E-state index is 0. The highest BCUT2D eigenvalue weighted by atomic mass is 32.2. The molecule has 208 valence electrons. The van der Waals surface area contributed by atoms with Crippen molar-refractivity contribution in [3.63, 3.8) is 0 Å². The van der Waals surface area contributed by atoms with Crippen LogP contribution in [0.25, 0.3) is 44.3 Å². The first-order valence-electron chi connectivity index (χ1n) is 13.1. The number of aryl methyl sites for hydroxylation is 3. The molecule has 4 aromatic carbocycles. The number of hydrogen-bond donors (Lipinski definition) is 3. The minimum atomic E-state index is 0. The van der Waals surface area contributed by atoms with Gasteiger partial charge in [-0.05, 0) is 84.8 Å². The SMILES string of the molecule is C.Cc1ccc2c(c1)c1c(n2C)-c2ccc(O)cc2SC1.Cn1c2c(c3cc(O)ccc31)CSc1cc(O)ccc1-2. The maximum Gasteiger partial charge on any atom is 0.116 e. The molecule has 0 saturated carbocycles. The van der Waals surface area contributed by atoms with Crippen LogP contribution in [0.15, 0.2) is 82.6 Å². The van der Waals surface area contributed by atoms with Gasteiger partial charge in [-0.15, -0.1) is 23.5 Å². The van der Waals surface area contributed by atoms with Crippen LogP contribution in [-0.2, 0) is 25.6 Å². The van der Waals surface area contributed by atoms with Crippen molar-refractivity contribution in [1.82, 2.24) is 9.13 Å². The van der Waals surface area contributed by atoms with Gasteiger partial charge in [-0.1, -0.05) is 19.1 Å². The molecule has 0 atom stereocenters. The Hall–Kier alpha value is -3.94. The van der Waals surface area contributed by atoms with Crippen molar-refractivity contribution >= 4 is 45.3 Å². The van der Waals surface area contributed by atoms with Gasteiger partial charge in [0.2, 0.25) is 0 Å². The average molecular weight is 581 g/mol. The third-order valence-corrected chi connectivity index (χ3v) is 10.1. The van der Waals surface area contributed by atoms with Gasteiger partial charge in [0.15, 0.2) is 0 Å². The van der Waals surface area contributed by atoms with E-state index in [1.165, 1.54) is 49.4 Å². The summed E-state index contributed by atoms with van der Waals surface area (Å²) in [6, 6.07) is 23.3. The number of thioether (sulfide) groups is 2. The molecule has 0 unspecified atom stereocenters. The van der Waals surface area contributed by atoms with Gasteiger partial charge in [-0.2, -0.15) is 0 Å². The zero-order valence-corrected chi connectivity index (χ0v) is 24.0. The number of phenols is 3. The van der Waals surface area contributed by atoms with Crippen molar-refractivity contribution in [2.24, 2.45) is 14.1 Å². The van der Waals surface area contributed by atoms with E-state index in [0.717, 1.165) is 32.9 Å². The molecule has 0 saturated heterocycles.